The summed E-state index contributed by atoms with van der Waals surface area (Å²) in [5.74, 6) is 2.00. The summed E-state index contributed by atoms with van der Waals surface area (Å²) in [6, 6.07) is 14.6. The fraction of sp³-hybridized carbons (Fsp3) is 0.214. The van der Waals surface area contributed by atoms with Gasteiger partial charge in [-0.25, -0.2) is 0 Å². The molecule has 0 aliphatic heterocycles. The molecule has 0 unspecified atom stereocenters. The van der Waals surface area contributed by atoms with Gasteiger partial charge in [0.15, 0.2) is 0 Å². The van der Waals surface area contributed by atoms with Gasteiger partial charge >= 0.3 is 0 Å². The van der Waals surface area contributed by atoms with Gasteiger partial charge in [-0.1, -0.05) is 36.4 Å². The molecule has 1 aromatic carbocycles. The van der Waals surface area contributed by atoms with Crippen LogP contribution < -0.4 is 5.73 Å². The molecule has 0 atom stereocenters. The zero-order valence-corrected chi connectivity index (χ0v) is 10.5. The predicted octanol–water partition coefficient (Wildman–Crippen LogP) is 2.97. The van der Waals surface area contributed by atoms with Crippen molar-refractivity contribution in [3.63, 3.8) is 0 Å². The Morgan fingerprint density at radius 1 is 1.00 bits per heavy atom. The first kappa shape index (κ1) is 12.1. The van der Waals surface area contributed by atoms with Crippen LogP contribution in [0.25, 0.3) is 0 Å². The van der Waals surface area contributed by atoms with Crippen LogP contribution in [-0.2, 0) is 18.1 Å². The molecule has 0 saturated heterocycles. The Labute approximate surface area is 106 Å². The normalized spacial score (nSPS) is 10.4. The molecular formula is C14H16N2S. The molecule has 0 bridgehead atoms. The molecule has 3 heteroatoms. The van der Waals surface area contributed by atoms with Crippen molar-refractivity contribution >= 4 is 11.8 Å². The number of aromatic nitrogens is 1. The molecule has 0 saturated carbocycles. The van der Waals surface area contributed by atoms with Crippen LogP contribution in [0.3, 0.4) is 0 Å². The number of rotatable bonds is 5. The summed E-state index contributed by atoms with van der Waals surface area (Å²) in [6.45, 7) is 0.516. The maximum atomic E-state index is 5.66. The highest BCUT2D eigenvalue weighted by Gasteiger charge is 2.01. The second-order valence-electron chi connectivity index (χ2n) is 3.79. The highest BCUT2D eigenvalue weighted by Crippen LogP contribution is 2.19. The Hall–Kier alpha value is -1.32. The van der Waals surface area contributed by atoms with Crippen molar-refractivity contribution in [3.8, 4) is 0 Å². The van der Waals surface area contributed by atoms with Crippen LogP contribution in [-0.4, -0.2) is 4.98 Å². The summed E-state index contributed by atoms with van der Waals surface area (Å²) in [7, 11) is 0. The second-order valence-corrected chi connectivity index (χ2v) is 4.78. The molecule has 88 valence electrons. The molecule has 0 aliphatic carbocycles. The van der Waals surface area contributed by atoms with E-state index in [-0.39, 0.29) is 0 Å². The molecule has 2 aromatic rings. The SMILES string of the molecule is NCc1ncccc1CSCc1ccccc1. The molecular weight excluding hydrogens is 228 g/mol. The molecule has 1 heterocycles. The largest absolute Gasteiger partial charge is 0.325 e. The average molecular weight is 244 g/mol. The van der Waals surface area contributed by atoms with Gasteiger partial charge in [0.05, 0.1) is 5.69 Å². The first-order valence-electron chi connectivity index (χ1n) is 5.64. The van der Waals surface area contributed by atoms with E-state index in [1.54, 1.807) is 6.20 Å². The Bertz CT molecular complexity index is 457. The minimum atomic E-state index is 0.516. The van der Waals surface area contributed by atoms with Gasteiger partial charge in [-0.15, -0.1) is 0 Å². The van der Waals surface area contributed by atoms with Gasteiger partial charge in [0, 0.05) is 24.2 Å². The summed E-state index contributed by atoms with van der Waals surface area (Å²) in [5.41, 5.74) is 9.27. The standard InChI is InChI=1S/C14H16N2S/c15-9-14-13(7-4-8-16-14)11-17-10-12-5-2-1-3-6-12/h1-8H,9-11,15H2. The van der Waals surface area contributed by atoms with E-state index in [0.29, 0.717) is 6.54 Å². The lowest BCUT2D eigenvalue weighted by molar-refractivity contribution is 0.964. The number of thioether (sulfide) groups is 1. The topological polar surface area (TPSA) is 38.9 Å². The molecule has 0 fully saturated rings. The lowest BCUT2D eigenvalue weighted by atomic mass is 10.2. The third-order valence-electron chi connectivity index (χ3n) is 2.55. The van der Waals surface area contributed by atoms with Gasteiger partial charge in [0.2, 0.25) is 0 Å². The van der Waals surface area contributed by atoms with Crippen molar-refractivity contribution in [2.75, 3.05) is 0 Å². The fourth-order valence-electron chi connectivity index (χ4n) is 1.64. The van der Waals surface area contributed by atoms with Crippen molar-refractivity contribution in [2.24, 2.45) is 5.73 Å². The number of nitrogens with zero attached hydrogens (tertiary/aromatic N) is 1. The van der Waals surface area contributed by atoms with E-state index in [0.717, 1.165) is 17.2 Å². The number of benzene rings is 1. The smallest absolute Gasteiger partial charge is 0.0579 e. The summed E-state index contributed by atoms with van der Waals surface area (Å²) in [4.78, 5) is 4.28. The van der Waals surface area contributed by atoms with Crippen LogP contribution in [0.2, 0.25) is 0 Å². The Kier molecular flexibility index (Phi) is 4.59. The molecule has 2 rings (SSSR count). The van der Waals surface area contributed by atoms with E-state index >= 15 is 0 Å². The maximum Gasteiger partial charge on any atom is 0.0579 e. The Morgan fingerprint density at radius 2 is 1.82 bits per heavy atom. The number of pyridine rings is 1. The van der Waals surface area contributed by atoms with Crippen molar-refractivity contribution in [3.05, 3.63) is 65.5 Å². The van der Waals surface area contributed by atoms with E-state index in [1.807, 2.05) is 23.9 Å². The fourth-order valence-corrected chi connectivity index (χ4v) is 2.65. The van der Waals surface area contributed by atoms with Crippen LogP contribution in [0, 0.1) is 0 Å². The van der Waals surface area contributed by atoms with Crippen LogP contribution in [0.4, 0.5) is 0 Å². The average Bonchev–Trinajstić information content (AvgIpc) is 2.40. The quantitative estimate of drug-likeness (QED) is 0.879. The van der Waals surface area contributed by atoms with Crippen molar-refractivity contribution < 1.29 is 0 Å². The van der Waals surface area contributed by atoms with Crippen molar-refractivity contribution in [1.29, 1.82) is 0 Å². The van der Waals surface area contributed by atoms with Gasteiger partial charge in [-0.2, -0.15) is 11.8 Å². The summed E-state index contributed by atoms with van der Waals surface area (Å²) in [6.07, 6.45) is 1.80. The van der Waals surface area contributed by atoms with Gasteiger partial charge in [-0.3, -0.25) is 4.98 Å². The van der Waals surface area contributed by atoms with Crippen molar-refractivity contribution in [2.45, 2.75) is 18.1 Å². The first-order chi connectivity index (χ1) is 8.40. The zero-order valence-electron chi connectivity index (χ0n) is 9.67. The highest BCUT2D eigenvalue weighted by molar-refractivity contribution is 7.97. The maximum absolute atomic E-state index is 5.66. The van der Waals surface area contributed by atoms with Gasteiger partial charge in [0.25, 0.3) is 0 Å². The highest BCUT2D eigenvalue weighted by atomic mass is 32.2. The lowest BCUT2D eigenvalue weighted by Crippen LogP contribution is -2.03. The second kappa shape index (κ2) is 6.42. The summed E-state index contributed by atoms with van der Waals surface area (Å²) < 4.78 is 0. The molecule has 2 N–H and O–H groups in total. The number of hydrogen-bond acceptors (Lipinski definition) is 3. The lowest BCUT2D eigenvalue weighted by Gasteiger charge is -2.06. The Balaban J connectivity index is 1.90. The van der Waals surface area contributed by atoms with Gasteiger partial charge in [0.1, 0.15) is 0 Å². The number of nitrogens with two attached hydrogens (primary N) is 1. The van der Waals surface area contributed by atoms with Gasteiger partial charge in [-0.05, 0) is 17.2 Å². The molecule has 0 amide bonds. The minimum Gasteiger partial charge on any atom is -0.325 e. The molecule has 0 radical (unpaired) electrons. The zero-order chi connectivity index (χ0) is 11.9. The minimum absolute atomic E-state index is 0.516. The number of hydrogen-bond donors (Lipinski definition) is 1. The Morgan fingerprint density at radius 3 is 2.59 bits per heavy atom. The molecule has 0 spiro atoms. The summed E-state index contributed by atoms with van der Waals surface area (Å²) >= 11 is 1.89. The van der Waals surface area contributed by atoms with Gasteiger partial charge < -0.3 is 5.73 Å². The molecule has 1 aromatic heterocycles. The monoisotopic (exact) mass is 244 g/mol. The third kappa shape index (κ3) is 3.58. The predicted molar refractivity (Wildman–Crippen MR) is 73.6 cm³/mol. The van der Waals surface area contributed by atoms with Crippen molar-refractivity contribution in [1.82, 2.24) is 4.98 Å². The third-order valence-corrected chi connectivity index (χ3v) is 3.60. The van der Waals surface area contributed by atoms with E-state index in [9.17, 15) is 0 Å². The van der Waals surface area contributed by atoms with E-state index < -0.39 is 0 Å². The van der Waals surface area contributed by atoms with Crippen LogP contribution in [0.5, 0.6) is 0 Å². The van der Waals surface area contributed by atoms with Crippen LogP contribution in [0.15, 0.2) is 48.7 Å². The first-order valence-corrected chi connectivity index (χ1v) is 6.80. The van der Waals surface area contributed by atoms with E-state index in [4.69, 9.17) is 5.73 Å². The van der Waals surface area contributed by atoms with E-state index in [2.05, 4.69) is 35.3 Å². The summed E-state index contributed by atoms with van der Waals surface area (Å²) in [5, 5.41) is 0. The molecule has 0 aliphatic rings. The van der Waals surface area contributed by atoms with Crippen LogP contribution in [0.1, 0.15) is 16.8 Å². The molecule has 2 nitrogen and oxygen atoms in total. The molecule has 17 heavy (non-hydrogen) atoms. The van der Waals surface area contributed by atoms with E-state index in [1.165, 1.54) is 11.1 Å². The van der Waals surface area contributed by atoms with Crippen LogP contribution >= 0.6 is 11.8 Å².